The van der Waals surface area contributed by atoms with Gasteiger partial charge in [-0.3, -0.25) is 4.98 Å². The van der Waals surface area contributed by atoms with Crippen LogP contribution >= 0.6 is 0 Å². The maximum absolute atomic E-state index is 12.7. The predicted molar refractivity (Wildman–Crippen MR) is 92.0 cm³/mol. The average Bonchev–Trinajstić information content (AvgIpc) is 3.01. The van der Waals surface area contributed by atoms with Crippen LogP contribution in [0.3, 0.4) is 0 Å². The van der Waals surface area contributed by atoms with E-state index in [-0.39, 0.29) is 22.8 Å². The number of aromatic carboxylic acids is 1. The van der Waals surface area contributed by atoms with Crippen molar-refractivity contribution in [3.63, 3.8) is 0 Å². The SMILES string of the molecule is Cc1nc(C)c(C(=O)OC(C)C)c(-c2cccc3nonc23)c1C(=O)O. The number of nitrogens with zero attached hydrogens (tertiary/aromatic N) is 3. The number of carboxylic acid groups (broad SMARTS) is 1. The van der Waals surface area contributed by atoms with Crippen molar-refractivity contribution in [3.8, 4) is 11.1 Å². The molecule has 0 saturated carbocycles. The molecule has 0 aliphatic heterocycles. The predicted octanol–water partition coefficient (Wildman–Crippen LogP) is 3.17. The fourth-order valence-corrected chi connectivity index (χ4v) is 2.91. The molecule has 3 aromatic rings. The number of aromatic nitrogens is 3. The molecule has 8 nitrogen and oxygen atoms in total. The second kappa shape index (κ2) is 6.55. The Morgan fingerprint density at radius 1 is 1.12 bits per heavy atom. The van der Waals surface area contributed by atoms with Gasteiger partial charge in [-0.05, 0) is 44.1 Å². The van der Waals surface area contributed by atoms with Crippen LogP contribution in [0.5, 0.6) is 0 Å². The molecule has 1 N–H and O–H groups in total. The lowest BCUT2D eigenvalue weighted by atomic mass is 9.91. The summed E-state index contributed by atoms with van der Waals surface area (Å²) in [4.78, 5) is 28.9. The third-order valence-electron chi connectivity index (χ3n) is 3.88. The van der Waals surface area contributed by atoms with Crippen molar-refractivity contribution in [2.45, 2.75) is 33.8 Å². The first-order chi connectivity index (χ1) is 12.3. The molecule has 0 aliphatic carbocycles. The molecular weight excluding hydrogens is 338 g/mol. The monoisotopic (exact) mass is 355 g/mol. The van der Waals surface area contributed by atoms with Crippen molar-refractivity contribution < 1.29 is 24.1 Å². The van der Waals surface area contributed by atoms with Gasteiger partial charge in [0.25, 0.3) is 0 Å². The number of hydrogen-bond acceptors (Lipinski definition) is 7. The number of aryl methyl sites for hydroxylation is 2. The lowest BCUT2D eigenvalue weighted by molar-refractivity contribution is 0.0377. The normalized spacial score (nSPS) is 11.1. The molecule has 8 heteroatoms. The summed E-state index contributed by atoms with van der Waals surface area (Å²) in [5, 5.41) is 17.4. The van der Waals surface area contributed by atoms with E-state index in [2.05, 4.69) is 15.3 Å². The Kier molecular flexibility index (Phi) is 4.41. The van der Waals surface area contributed by atoms with Gasteiger partial charge in [0.1, 0.15) is 11.0 Å². The van der Waals surface area contributed by atoms with E-state index >= 15 is 0 Å². The molecule has 1 aromatic carbocycles. The van der Waals surface area contributed by atoms with E-state index in [0.29, 0.717) is 28.0 Å². The van der Waals surface area contributed by atoms with Crippen LogP contribution in [0.1, 0.15) is 46.0 Å². The van der Waals surface area contributed by atoms with Gasteiger partial charge in [-0.1, -0.05) is 12.1 Å². The van der Waals surface area contributed by atoms with E-state index in [1.54, 1.807) is 45.9 Å². The maximum atomic E-state index is 12.7. The van der Waals surface area contributed by atoms with E-state index in [4.69, 9.17) is 9.37 Å². The minimum atomic E-state index is -1.20. The van der Waals surface area contributed by atoms with Gasteiger partial charge in [0.2, 0.25) is 0 Å². The first-order valence-electron chi connectivity index (χ1n) is 7.98. The number of pyridine rings is 1. The molecule has 0 unspecified atom stereocenters. The summed E-state index contributed by atoms with van der Waals surface area (Å²) in [6.07, 6.45) is -0.367. The van der Waals surface area contributed by atoms with E-state index in [0.717, 1.165) is 0 Å². The van der Waals surface area contributed by atoms with Gasteiger partial charge in [0.15, 0.2) is 0 Å². The minimum Gasteiger partial charge on any atom is -0.478 e. The number of esters is 1. The van der Waals surface area contributed by atoms with Crippen molar-refractivity contribution in [1.29, 1.82) is 0 Å². The first-order valence-corrected chi connectivity index (χ1v) is 7.98. The minimum absolute atomic E-state index is 0.0817. The van der Waals surface area contributed by atoms with E-state index in [1.807, 2.05) is 0 Å². The topological polar surface area (TPSA) is 115 Å². The van der Waals surface area contributed by atoms with Crippen molar-refractivity contribution in [2.75, 3.05) is 0 Å². The Morgan fingerprint density at radius 2 is 1.81 bits per heavy atom. The van der Waals surface area contributed by atoms with Crippen LogP contribution in [0.15, 0.2) is 22.8 Å². The Morgan fingerprint density at radius 3 is 2.46 bits per heavy atom. The number of rotatable bonds is 4. The summed E-state index contributed by atoms with van der Waals surface area (Å²) in [6, 6.07) is 5.04. The summed E-state index contributed by atoms with van der Waals surface area (Å²) in [5.74, 6) is -1.84. The molecule has 3 rings (SSSR count). The lowest BCUT2D eigenvalue weighted by Gasteiger charge is -2.17. The molecule has 0 aliphatic rings. The second-order valence-corrected chi connectivity index (χ2v) is 6.10. The maximum Gasteiger partial charge on any atom is 0.340 e. The third kappa shape index (κ3) is 2.90. The highest BCUT2D eigenvalue weighted by atomic mass is 16.6. The van der Waals surface area contributed by atoms with Crippen LogP contribution < -0.4 is 0 Å². The number of ether oxygens (including phenoxy) is 1. The number of fused-ring (bicyclic) bond motifs is 1. The van der Waals surface area contributed by atoms with E-state index < -0.39 is 11.9 Å². The zero-order chi connectivity index (χ0) is 19.0. The summed E-state index contributed by atoms with van der Waals surface area (Å²) >= 11 is 0. The second-order valence-electron chi connectivity index (χ2n) is 6.10. The highest BCUT2D eigenvalue weighted by molar-refractivity contribution is 6.10. The molecule has 0 amide bonds. The molecule has 0 fully saturated rings. The fourth-order valence-electron chi connectivity index (χ4n) is 2.91. The highest BCUT2D eigenvalue weighted by Crippen LogP contribution is 2.35. The number of carbonyl (C=O) groups is 2. The third-order valence-corrected chi connectivity index (χ3v) is 3.88. The van der Waals surface area contributed by atoms with Crippen LogP contribution in [0.4, 0.5) is 0 Å². The Bertz CT molecular complexity index is 1020. The van der Waals surface area contributed by atoms with Crippen molar-refractivity contribution in [2.24, 2.45) is 0 Å². The Balaban J connectivity index is 2.43. The van der Waals surface area contributed by atoms with Gasteiger partial charge < -0.3 is 9.84 Å². The number of carboxylic acids is 1. The summed E-state index contributed by atoms with van der Waals surface area (Å²) in [5.41, 5.74) is 2.12. The summed E-state index contributed by atoms with van der Waals surface area (Å²) < 4.78 is 10.1. The fraction of sp³-hybridized carbons (Fsp3) is 0.278. The van der Waals surface area contributed by atoms with Crippen LogP contribution in [0, 0.1) is 13.8 Å². The standard InChI is InChI=1S/C18H17N3O5/c1-8(2)25-18(24)14-10(4)19-9(3)13(17(22)23)15(14)11-6-5-7-12-16(11)21-26-20-12/h5-8H,1-4H3,(H,22,23). The van der Waals surface area contributed by atoms with E-state index in [9.17, 15) is 14.7 Å². The molecule has 0 saturated heterocycles. The molecular formula is C18H17N3O5. The molecule has 0 bridgehead atoms. The summed E-state index contributed by atoms with van der Waals surface area (Å²) in [6.45, 7) is 6.66. The van der Waals surface area contributed by atoms with Crippen LogP contribution in [0.2, 0.25) is 0 Å². The van der Waals surface area contributed by atoms with Gasteiger partial charge in [-0.2, -0.15) is 0 Å². The number of carbonyl (C=O) groups excluding carboxylic acids is 1. The summed E-state index contributed by atoms with van der Waals surface area (Å²) in [7, 11) is 0. The van der Waals surface area contributed by atoms with Crippen molar-refractivity contribution in [1.82, 2.24) is 15.3 Å². The van der Waals surface area contributed by atoms with Gasteiger partial charge in [0, 0.05) is 11.1 Å². The van der Waals surface area contributed by atoms with Gasteiger partial charge >= 0.3 is 11.9 Å². The average molecular weight is 355 g/mol. The van der Waals surface area contributed by atoms with Gasteiger partial charge in [-0.25, -0.2) is 14.2 Å². The molecule has 0 spiro atoms. The van der Waals surface area contributed by atoms with Crippen LogP contribution in [-0.2, 0) is 4.74 Å². The first kappa shape index (κ1) is 17.5. The molecule has 134 valence electrons. The Labute approximate surface area is 148 Å². The molecule has 26 heavy (non-hydrogen) atoms. The zero-order valence-electron chi connectivity index (χ0n) is 14.7. The van der Waals surface area contributed by atoms with Crippen molar-refractivity contribution in [3.05, 3.63) is 40.7 Å². The number of hydrogen-bond donors (Lipinski definition) is 1. The molecule has 2 heterocycles. The van der Waals surface area contributed by atoms with Gasteiger partial charge in [-0.15, -0.1) is 0 Å². The van der Waals surface area contributed by atoms with Gasteiger partial charge in [0.05, 0.1) is 28.6 Å². The molecule has 0 atom stereocenters. The van der Waals surface area contributed by atoms with E-state index in [1.165, 1.54) is 0 Å². The lowest BCUT2D eigenvalue weighted by Crippen LogP contribution is -2.18. The van der Waals surface area contributed by atoms with Crippen LogP contribution in [0.25, 0.3) is 22.2 Å². The quantitative estimate of drug-likeness (QED) is 0.710. The Hall–Kier alpha value is -3.29. The smallest absolute Gasteiger partial charge is 0.340 e. The highest BCUT2D eigenvalue weighted by Gasteiger charge is 2.29. The largest absolute Gasteiger partial charge is 0.478 e. The number of benzene rings is 1. The van der Waals surface area contributed by atoms with Crippen LogP contribution in [-0.4, -0.2) is 38.4 Å². The van der Waals surface area contributed by atoms with Crippen molar-refractivity contribution >= 4 is 23.0 Å². The zero-order valence-corrected chi connectivity index (χ0v) is 14.7. The molecule has 0 radical (unpaired) electrons. The molecule has 2 aromatic heterocycles.